The van der Waals surface area contributed by atoms with Gasteiger partial charge in [0.25, 0.3) is 5.91 Å². The molecule has 0 bridgehead atoms. The highest BCUT2D eigenvalue weighted by molar-refractivity contribution is 6.08. The first-order chi connectivity index (χ1) is 12.5. The van der Waals surface area contributed by atoms with E-state index in [9.17, 15) is 14.4 Å². The van der Waals surface area contributed by atoms with Gasteiger partial charge in [0.1, 0.15) is 5.54 Å². The Labute approximate surface area is 154 Å². The van der Waals surface area contributed by atoms with Gasteiger partial charge in [0.05, 0.1) is 0 Å². The molecule has 1 heterocycles. The number of hydrazine groups is 1. The smallest absolute Gasteiger partial charge is 0.318 e. The second-order valence-corrected chi connectivity index (χ2v) is 7.49. The molecule has 1 saturated heterocycles. The van der Waals surface area contributed by atoms with Crippen molar-refractivity contribution in [2.75, 3.05) is 0 Å². The van der Waals surface area contributed by atoms with E-state index in [0.29, 0.717) is 12.0 Å². The SMILES string of the molecule is CC1(c2ccccc2)NC(=O)N(NC(=O)CCCC2CCCCC2)C1=O. The number of hydrogen-bond acceptors (Lipinski definition) is 3. The van der Waals surface area contributed by atoms with Crippen LogP contribution in [0, 0.1) is 5.92 Å². The second-order valence-electron chi connectivity index (χ2n) is 7.49. The number of benzene rings is 1. The highest BCUT2D eigenvalue weighted by Gasteiger charge is 2.49. The Morgan fingerprint density at radius 3 is 2.58 bits per heavy atom. The molecule has 1 unspecified atom stereocenters. The molecule has 0 radical (unpaired) electrons. The van der Waals surface area contributed by atoms with E-state index in [1.807, 2.05) is 18.2 Å². The summed E-state index contributed by atoms with van der Waals surface area (Å²) in [5.74, 6) is -0.0365. The number of nitrogens with zero attached hydrogens (tertiary/aromatic N) is 1. The van der Waals surface area contributed by atoms with Gasteiger partial charge in [-0.25, -0.2) is 4.79 Å². The first-order valence-electron chi connectivity index (χ1n) is 9.52. The molecule has 1 aliphatic carbocycles. The van der Waals surface area contributed by atoms with Gasteiger partial charge >= 0.3 is 6.03 Å². The van der Waals surface area contributed by atoms with Gasteiger partial charge in [-0.05, 0) is 31.2 Å². The van der Waals surface area contributed by atoms with Crippen molar-refractivity contribution in [2.24, 2.45) is 5.92 Å². The van der Waals surface area contributed by atoms with Gasteiger partial charge in [-0.2, -0.15) is 5.01 Å². The highest BCUT2D eigenvalue weighted by atomic mass is 16.2. The maximum absolute atomic E-state index is 12.7. The Hall–Kier alpha value is -2.37. The van der Waals surface area contributed by atoms with Crippen molar-refractivity contribution in [3.05, 3.63) is 35.9 Å². The fraction of sp³-hybridized carbons (Fsp3) is 0.550. The first-order valence-corrected chi connectivity index (χ1v) is 9.52. The van der Waals surface area contributed by atoms with Gasteiger partial charge in [0, 0.05) is 6.42 Å². The van der Waals surface area contributed by atoms with Crippen molar-refractivity contribution in [1.82, 2.24) is 15.8 Å². The minimum absolute atomic E-state index is 0.290. The van der Waals surface area contributed by atoms with Crippen molar-refractivity contribution < 1.29 is 14.4 Å². The summed E-state index contributed by atoms with van der Waals surface area (Å²) >= 11 is 0. The van der Waals surface area contributed by atoms with E-state index in [1.165, 1.54) is 32.1 Å². The van der Waals surface area contributed by atoms with E-state index in [4.69, 9.17) is 0 Å². The lowest BCUT2D eigenvalue weighted by molar-refractivity contribution is -0.139. The first kappa shape index (κ1) is 18.4. The molecule has 2 aliphatic rings. The van der Waals surface area contributed by atoms with Crippen LogP contribution in [0.15, 0.2) is 30.3 Å². The average Bonchev–Trinajstić information content (AvgIpc) is 2.87. The molecule has 1 aliphatic heterocycles. The van der Waals surface area contributed by atoms with Crippen molar-refractivity contribution in [2.45, 2.75) is 63.8 Å². The summed E-state index contributed by atoms with van der Waals surface area (Å²) in [6.45, 7) is 1.65. The zero-order chi connectivity index (χ0) is 18.6. The average molecular weight is 357 g/mol. The van der Waals surface area contributed by atoms with Crippen LogP contribution < -0.4 is 10.7 Å². The number of rotatable bonds is 6. The number of carbonyl (C=O) groups is 3. The van der Waals surface area contributed by atoms with Crippen LogP contribution in [0.1, 0.15) is 63.9 Å². The number of nitrogens with one attached hydrogen (secondary N) is 2. The summed E-state index contributed by atoms with van der Waals surface area (Å²) in [5, 5.41) is 3.50. The zero-order valence-corrected chi connectivity index (χ0v) is 15.3. The molecule has 1 aromatic rings. The third-order valence-electron chi connectivity index (χ3n) is 5.52. The minimum Gasteiger partial charge on any atom is -0.318 e. The summed E-state index contributed by atoms with van der Waals surface area (Å²) < 4.78 is 0. The maximum Gasteiger partial charge on any atom is 0.344 e. The van der Waals surface area contributed by atoms with Crippen LogP contribution in [0.3, 0.4) is 0 Å². The van der Waals surface area contributed by atoms with E-state index >= 15 is 0 Å². The van der Waals surface area contributed by atoms with Gasteiger partial charge in [-0.1, -0.05) is 62.4 Å². The van der Waals surface area contributed by atoms with Crippen molar-refractivity contribution >= 4 is 17.8 Å². The zero-order valence-electron chi connectivity index (χ0n) is 15.3. The fourth-order valence-electron chi connectivity index (χ4n) is 3.92. The van der Waals surface area contributed by atoms with Crippen LogP contribution in [0.2, 0.25) is 0 Å². The Morgan fingerprint density at radius 1 is 1.19 bits per heavy atom. The summed E-state index contributed by atoms with van der Waals surface area (Å²) in [4.78, 5) is 37.1. The number of hydrogen-bond donors (Lipinski definition) is 2. The van der Waals surface area contributed by atoms with Gasteiger partial charge in [0.2, 0.25) is 5.91 Å². The van der Waals surface area contributed by atoms with Crippen molar-refractivity contribution in [1.29, 1.82) is 0 Å². The van der Waals surface area contributed by atoms with E-state index in [0.717, 1.165) is 23.8 Å². The molecule has 1 saturated carbocycles. The molecule has 1 atom stereocenters. The monoisotopic (exact) mass is 357 g/mol. The van der Waals surface area contributed by atoms with Gasteiger partial charge in [-0.3, -0.25) is 15.0 Å². The Morgan fingerprint density at radius 2 is 1.88 bits per heavy atom. The lowest BCUT2D eigenvalue weighted by Gasteiger charge is -2.22. The van der Waals surface area contributed by atoms with Crippen LogP contribution in [-0.2, 0) is 15.1 Å². The third kappa shape index (κ3) is 3.89. The standard InChI is InChI=1S/C20H27N3O3/c1-20(16-12-6-3-7-13-16)18(25)23(19(26)21-20)22-17(24)14-8-11-15-9-4-2-5-10-15/h3,6-7,12-13,15H,2,4-5,8-11,14H2,1H3,(H,21,26)(H,22,24). The topological polar surface area (TPSA) is 78.5 Å². The number of imide groups is 1. The number of urea groups is 1. The van der Waals surface area contributed by atoms with Crippen LogP contribution in [0.4, 0.5) is 4.79 Å². The molecule has 0 spiro atoms. The van der Waals surface area contributed by atoms with Gasteiger partial charge in [-0.15, -0.1) is 0 Å². The Kier molecular flexibility index (Phi) is 5.59. The summed E-state index contributed by atoms with van der Waals surface area (Å²) in [7, 11) is 0. The van der Waals surface area contributed by atoms with E-state index in [2.05, 4.69) is 10.7 Å². The Balaban J connectivity index is 1.53. The number of amides is 4. The molecule has 4 amide bonds. The summed E-state index contributed by atoms with van der Waals surface area (Å²) in [5.41, 5.74) is 2.00. The Bertz CT molecular complexity index is 670. The molecule has 1 aromatic carbocycles. The lowest BCUT2D eigenvalue weighted by atomic mass is 9.86. The van der Waals surface area contributed by atoms with Gasteiger partial charge in [0.15, 0.2) is 0 Å². The molecule has 26 heavy (non-hydrogen) atoms. The normalized spacial score (nSPS) is 23.8. The molecule has 2 fully saturated rings. The molecule has 0 aromatic heterocycles. The summed E-state index contributed by atoms with van der Waals surface area (Å²) in [6.07, 6.45) is 8.56. The van der Waals surface area contributed by atoms with Crippen LogP contribution in [0.5, 0.6) is 0 Å². The molecule has 2 N–H and O–H groups in total. The third-order valence-corrected chi connectivity index (χ3v) is 5.52. The molecular weight excluding hydrogens is 330 g/mol. The maximum atomic E-state index is 12.7. The van der Waals surface area contributed by atoms with Crippen molar-refractivity contribution in [3.8, 4) is 0 Å². The summed E-state index contributed by atoms with van der Waals surface area (Å²) in [6, 6.07) is 8.45. The lowest BCUT2D eigenvalue weighted by Crippen LogP contribution is -2.47. The van der Waals surface area contributed by atoms with E-state index < -0.39 is 17.5 Å². The van der Waals surface area contributed by atoms with Crippen LogP contribution in [0.25, 0.3) is 0 Å². The van der Waals surface area contributed by atoms with Gasteiger partial charge < -0.3 is 5.32 Å². The fourth-order valence-corrected chi connectivity index (χ4v) is 3.92. The van der Waals surface area contributed by atoms with E-state index in [1.54, 1.807) is 19.1 Å². The molecule has 3 rings (SSSR count). The molecule has 6 heteroatoms. The van der Waals surface area contributed by atoms with Crippen LogP contribution >= 0.6 is 0 Å². The highest BCUT2D eigenvalue weighted by Crippen LogP contribution is 2.29. The quantitative estimate of drug-likeness (QED) is 0.767. The molecule has 6 nitrogen and oxygen atoms in total. The molecular formula is C20H27N3O3. The molecule has 140 valence electrons. The predicted octanol–water partition coefficient (Wildman–Crippen LogP) is 3.24. The minimum atomic E-state index is -1.16. The number of carbonyl (C=O) groups excluding carboxylic acids is 3. The second kappa shape index (κ2) is 7.89. The van der Waals surface area contributed by atoms with Crippen molar-refractivity contribution in [3.63, 3.8) is 0 Å². The van der Waals surface area contributed by atoms with E-state index in [-0.39, 0.29) is 5.91 Å². The van der Waals surface area contributed by atoms with Crippen LogP contribution in [-0.4, -0.2) is 22.9 Å². The largest absolute Gasteiger partial charge is 0.344 e. The predicted molar refractivity (Wildman–Crippen MR) is 97.7 cm³/mol.